The first-order valence-electron chi connectivity index (χ1n) is 9.52. The molecule has 0 atom stereocenters. The number of carbonyl (C=O) groups is 2. The van der Waals surface area contributed by atoms with E-state index in [2.05, 4.69) is 36.4 Å². The standard InChI is InChI=1S/C22H27N3O2/c1-22(2,3)17-10-6-7-11-18(17)25-20(26)15-12-13-23-19(14-15)21(27)24-16-8-4-5-9-16/h6-7,10-14,16H,4-5,8-9H2,1-3H3,(H,24,27)(H,25,26). The molecule has 0 unspecified atom stereocenters. The first kappa shape index (κ1) is 19.1. The van der Waals surface area contributed by atoms with E-state index in [0.717, 1.165) is 36.9 Å². The lowest BCUT2D eigenvalue weighted by atomic mass is 9.86. The number of pyridine rings is 1. The average Bonchev–Trinajstić information content (AvgIpc) is 3.14. The first-order chi connectivity index (χ1) is 12.8. The van der Waals surface area contributed by atoms with Crippen molar-refractivity contribution in [3.63, 3.8) is 0 Å². The smallest absolute Gasteiger partial charge is 0.270 e. The number of hydrogen-bond acceptors (Lipinski definition) is 3. The number of carbonyl (C=O) groups excluding carboxylic acids is 2. The lowest BCUT2D eigenvalue weighted by Crippen LogP contribution is -2.33. The van der Waals surface area contributed by atoms with Crippen LogP contribution in [0.5, 0.6) is 0 Å². The molecular formula is C22H27N3O2. The minimum atomic E-state index is -0.246. The van der Waals surface area contributed by atoms with Crippen LogP contribution in [0.1, 0.15) is 72.9 Å². The molecule has 0 spiro atoms. The van der Waals surface area contributed by atoms with Crippen molar-refractivity contribution in [1.29, 1.82) is 0 Å². The van der Waals surface area contributed by atoms with Crippen LogP contribution in [0.3, 0.4) is 0 Å². The van der Waals surface area contributed by atoms with Crippen LogP contribution < -0.4 is 10.6 Å². The van der Waals surface area contributed by atoms with Crippen molar-refractivity contribution in [3.05, 3.63) is 59.4 Å². The van der Waals surface area contributed by atoms with Crippen LogP contribution in [-0.4, -0.2) is 22.8 Å². The van der Waals surface area contributed by atoms with Gasteiger partial charge in [0.15, 0.2) is 0 Å². The topological polar surface area (TPSA) is 71.1 Å². The van der Waals surface area contributed by atoms with Crippen molar-refractivity contribution in [3.8, 4) is 0 Å². The molecule has 0 saturated heterocycles. The maximum absolute atomic E-state index is 12.7. The first-order valence-corrected chi connectivity index (χ1v) is 9.52. The van der Waals surface area contributed by atoms with Gasteiger partial charge in [-0.1, -0.05) is 51.8 Å². The van der Waals surface area contributed by atoms with Crippen molar-refractivity contribution >= 4 is 17.5 Å². The molecule has 1 aliphatic rings. The molecule has 1 aromatic carbocycles. The molecule has 1 heterocycles. The van der Waals surface area contributed by atoms with Crippen LogP contribution in [0.2, 0.25) is 0 Å². The second-order valence-electron chi connectivity index (χ2n) is 8.13. The van der Waals surface area contributed by atoms with Gasteiger partial charge in [-0.3, -0.25) is 14.6 Å². The van der Waals surface area contributed by atoms with E-state index in [9.17, 15) is 9.59 Å². The van der Waals surface area contributed by atoms with Crippen LogP contribution in [0.25, 0.3) is 0 Å². The van der Waals surface area contributed by atoms with Crippen molar-refractivity contribution in [1.82, 2.24) is 10.3 Å². The molecule has 5 nitrogen and oxygen atoms in total. The lowest BCUT2D eigenvalue weighted by Gasteiger charge is -2.23. The van der Waals surface area contributed by atoms with Crippen LogP contribution in [0, 0.1) is 0 Å². The predicted molar refractivity (Wildman–Crippen MR) is 107 cm³/mol. The number of nitrogens with one attached hydrogen (secondary N) is 2. The van der Waals surface area contributed by atoms with Gasteiger partial charge >= 0.3 is 0 Å². The molecule has 1 aromatic heterocycles. The lowest BCUT2D eigenvalue weighted by molar-refractivity contribution is 0.0933. The van der Waals surface area contributed by atoms with Gasteiger partial charge in [0.05, 0.1) is 0 Å². The van der Waals surface area contributed by atoms with E-state index in [0.29, 0.717) is 5.56 Å². The van der Waals surface area contributed by atoms with Crippen LogP contribution in [0.15, 0.2) is 42.6 Å². The number of benzene rings is 1. The van der Waals surface area contributed by atoms with Gasteiger partial charge in [0.25, 0.3) is 11.8 Å². The molecule has 2 aromatic rings. The molecule has 0 radical (unpaired) electrons. The Morgan fingerprint density at radius 2 is 1.74 bits per heavy atom. The highest BCUT2D eigenvalue weighted by Gasteiger charge is 2.21. The molecule has 5 heteroatoms. The van der Waals surface area contributed by atoms with E-state index in [1.807, 2.05) is 24.3 Å². The Morgan fingerprint density at radius 3 is 2.44 bits per heavy atom. The number of amides is 2. The minimum Gasteiger partial charge on any atom is -0.348 e. The highest BCUT2D eigenvalue weighted by Crippen LogP contribution is 2.29. The van der Waals surface area contributed by atoms with Crippen LogP contribution in [-0.2, 0) is 5.41 Å². The summed E-state index contributed by atoms with van der Waals surface area (Å²) in [5, 5.41) is 5.98. The third kappa shape index (κ3) is 4.73. The molecule has 1 fully saturated rings. The van der Waals surface area contributed by atoms with Gasteiger partial charge < -0.3 is 10.6 Å². The van der Waals surface area contributed by atoms with Crippen molar-refractivity contribution < 1.29 is 9.59 Å². The van der Waals surface area contributed by atoms with Gasteiger partial charge in [0.2, 0.25) is 0 Å². The number of aromatic nitrogens is 1. The summed E-state index contributed by atoms with van der Waals surface area (Å²) in [6, 6.07) is 11.2. The number of hydrogen-bond donors (Lipinski definition) is 2. The highest BCUT2D eigenvalue weighted by atomic mass is 16.2. The van der Waals surface area contributed by atoms with Gasteiger partial charge in [-0.25, -0.2) is 0 Å². The Hall–Kier alpha value is -2.69. The third-order valence-corrected chi connectivity index (χ3v) is 4.93. The van der Waals surface area contributed by atoms with Gasteiger partial charge in [0, 0.05) is 23.5 Å². The van der Waals surface area contributed by atoms with Gasteiger partial charge in [-0.2, -0.15) is 0 Å². The van der Waals surface area contributed by atoms with Crippen LogP contribution >= 0.6 is 0 Å². The molecule has 3 rings (SSSR count). The third-order valence-electron chi connectivity index (χ3n) is 4.93. The van der Waals surface area contributed by atoms with E-state index < -0.39 is 0 Å². The fourth-order valence-corrected chi connectivity index (χ4v) is 3.47. The van der Waals surface area contributed by atoms with E-state index in [-0.39, 0.29) is 29.0 Å². The van der Waals surface area contributed by atoms with Crippen molar-refractivity contribution in [2.24, 2.45) is 0 Å². The summed E-state index contributed by atoms with van der Waals surface area (Å²) in [5.74, 6) is -0.462. The number of nitrogens with zero attached hydrogens (tertiary/aromatic N) is 1. The zero-order chi connectivity index (χ0) is 19.4. The number of anilines is 1. The molecule has 1 aliphatic carbocycles. The molecular weight excluding hydrogens is 338 g/mol. The van der Waals surface area contributed by atoms with E-state index >= 15 is 0 Å². The summed E-state index contributed by atoms with van der Waals surface area (Å²) in [5.41, 5.74) is 2.45. The molecule has 1 saturated carbocycles. The summed E-state index contributed by atoms with van der Waals surface area (Å²) < 4.78 is 0. The monoisotopic (exact) mass is 365 g/mol. The zero-order valence-electron chi connectivity index (χ0n) is 16.2. The summed E-state index contributed by atoms with van der Waals surface area (Å²) in [6.45, 7) is 6.32. The Labute approximate surface area is 160 Å². The summed E-state index contributed by atoms with van der Waals surface area (Å²) in [4.78, 5) is 29.3. The number of para-hydroxylation sites is 1. The van der Waals surface area contributed by atoms with Crippen molar-refractivity contribution in [2.45, 2.75) is 57.9 Å². The Kier molecular flexibility index (Phi) is 5.59. The molecule has 0 aliphatic heterocycles. The quantitative estimate of drug-likeness (QED) is 0.848. The fourth-order valence-electron chi connectivity index (χ4n) is 3.47. The van der Waals surface area contributed by atoms with E-state index in [1.165, 1.54) is 6.20 Å². The maximum Gasteiger partial charge on any atom is 0.270 e. The Bertz CT molecular complexity index is 833. The molecule has 0 bridgehead atoms. The Morgan fingerprint density at radius 1 is 1.04 bits per heavy atom. The normalized spacial score (nSPS) is 14.8. The van der Waals surface area contributed by atoms with E-state index in [4.69, 9.17) is 0 Å². The molecule has 142 valence electrons. The number of rotatable bonds is 4. The van der Waals surface area contributed by atoms with E-state index in [1.54, 1.807) is 12.1 Å². The highest BCUT2D eigenvalue weighted by molar-refractivity contribution is 6.06. The fraction of sp³-hybridized carbons (Fsp3) is 0.409. The maximum atomic E-state index is 12.7. The average molecular weight is 365 g/mol. The summed E-state index contributed by atoms with van der Waals surface area (Å²) in [6.07, 6.45) is 5.82. The molecule has 27 heavy (non-hydrogen) atoms. The largest absolute Gasteiger partial charge is 0.348 e. The summed E-state index contributed by atoms with van der Waals surface area (Å²) in [7, 11) is 0. The van der Waals surface area contributed by atoms with Crippen LogP contribution in [0.4, 0.5) is 5.69 Å². The second-order valence-corrected chi connectivity index (χ2v) is 8.13. The molecule has 2 amide bonds. The predicted octanol–water partition coefficient (Wildman–Crippen LogP) is 4.30. The van der Waals surface area contributed by atoms with Gasteiger partial charge in [0.1, 0.15) is 5.69 Å². The van der Waals surface area contributed by atoms with Gasteiger partial charge in [-0.15, -0.1) is 0 Å². The molecule has 2 N–H and O–H groups in total. The Balaban J connectivity index is 1.75. The van der Waals surface area contributed by atoms with Gasteiger partial charge in [-0.05, 0) is 42.0 Å². The second kappa shape index (κ2) is 7.91. The summed E-state index contributed by atoms with van der Waals surface area (Å²) >= 11 is 0. The SMILES string of the molecule is CC(C)(C)c1ccccc1NC(=O)c1ccnc(C(=O)NC2CCCC2)c1. The minimum absolute atomic E-state index is 0.0888. The zero-order valence-corrected chi connectivity index (χ0v) is 16.2. The van der Waals surface area contributed by atoms with Crippen molar-refractivity contribution in [2.75, 3.05) is 5.32 Å².